The normalized spacial score (nSPS) is 13.0. The first kappa shape index (κ1) is 12.7. The number of para-hydroxylation sites is 1. The Hall–Kier alpha value is -2.07. The molecule has 2 heterocycles. The van der Waals surface area contributed by atoms with Gasteiger partial charge in [0.05, 0.1) is 5.69 Å². The fraction of sp³-hybridized carbons (Fsp3) is 0.118. The zero-order valence-corrected chi connectivity index (χ0v) is 12.2. The Morgan fingerprint density at radius 2 is 2.10 bits per heavy atom. The van der Waals surface area contributed by atoms with Gasteiger partial charge in [0.1, 0.15) is 17.1 Å². The average molecular weight is 297 g/mol. The van der Waals surface area contributed by atoms with Crippen LogP contribution in [0.25, 0.3) is 22.2 Å². The molecule has 0 fully saturated rings. The van der Waals surface area contributed by atoms with E-state index in [9.17, 15) is 9.50 Å². The maximum absolute atomic E-state index is 13.7. The summed E-state index contributed by atoms with van der Waals surface area (Å²) in [6, 6.07) is 10.9. The van der Waals surface area contributed by atoms with Crippen molar-refractivity contribution in [2.75, 3.05) is 0 Å². The van der Waals surface area contributed by atoms with E-state index in [4.69, 9.17) is 0 Å². The first-order chi connectivity index (χ1) is 10.1. The SMILES string of the molecule is Cc1cc2c(cc1F)SCc1cc3cccc(O)c3nc1-2. The third-order valence-electron chi connectivity index (χ3n) is 3.80. The van der Waals surface area contributed by atoms with Crippen molar-refractivity contribution in [3.05, 3.63) is 53.3 Å². The van der Waals surface area contributed by atoms with Crippen molar-refractivity contribution in [2.45, 2.75) is 17.6 Å². The molecule has 1 aromatic heterocycles. The second kappa shape index (κ2) is 4.46. The lowest BCUT2D eigenvalue weighted by atomic mass is 10.0. The number of nitrogens with zero attached hydrogens (tertiary/aromatic N) is 1. The number of hydrogen-bond acceptors (Lipinski definition) is 3. The van der Waals surface area contributed by atoms with E-state index in [1.54, 1.807) is 30.8 Å². The van der Waals surface area contributed by atoms with E-state index >= 15 is 0 Å². The minimum absolute atomic E-state index is 0.175. The van der Waals surface area contributed by atoms with Crippen molar-refractivity contribution < 1.29 is 9.50 Å². The fourth-order valence-electron chi connectivity index (χ4n) is 2.69. The topological polar surface area (TPSA) is 33.1 Å². The molecule has 0 spiro atoms. The fourth-order valence-corrected chi connectivity index (χ4v) is 3.72. The number of aromatic hydroxyl groups is 1. The summed E-state index contributed by atoms with van der Waals surface area (Å²) in [5.41, 5.74) is 4.13. The maximum atomic E-state index is 13.7. The smallest absolute Gasteiger partial charge is 0.141 e. The minimum atomic E-state index is -0.187. The summed E-state index contributed by atoms with van der Waals surface area (Å²) >= 11 is 1.62. The number of aromatic nitrogens is 1. The average Bonchev–Trinajstić information content (AvgIpc) is 2.47. The Bertz CT molecular complexity index is 892. The number of hydrogen-bond donors (Lipinski definition) is 1. The van der Waals surface area contributed by atoms with Crippen LogP contribution < -0.4 is 0 Å². The van der Waals surface area contributed by atoms with Crippen molar-refractivity contribution in [2.24, 2.45) is 0 Å². The van der Waals surface area contributed by atoms with E-state index in [0.717, 1.165) is 32.9 Å². The summed E-state index contributed by atoms with van der Waals surface area (Å²) < 4.78 is 13.7. The predicted octanol–water partition coefficient (Wildman–Crippen LogP) is 4.66. The lowest BCUT2D eigenvalue weighted by Gasteiger charge is -2.20. The zero-order chi connectivity index (χ0) is 14.6. The van der Waals surface area contributed by atoms with Crippen LogP contribution >= 0.6 is 11.8 Å². The van der Waals surface area contributed by atoms with Gasteiger partial charge in [-0.25, -0.2) is 9.37 Å². The molecule has 4 heteroatoms. The first-order valence-corrected chi connectivity index (χ1v) is 7.67. The third kappa shape index (κ3) is 1.90. The number of thioether (sulfide) groups is 1. The van der Waals surface area contributed by atoms with Gasteiger partial charge in [0.25, 0.3) is 0 Å². The Morgan fingerprint density at radius 3 is 2.95 bits per heavy atom. The molecule has 0 saturated heterocycles. The quantitative estimate of drug-likeness (QED) is 0.655. The summed E-state index contributed by atoms with van der Waals surface area (Å²) in [6.45, 7) is 1.76. The molecular weight excluding hydrogens is 285 g/mol. The largest absolute Gasteiger partial charge is 0.506 e. The van der Waals surface area contributed by atoms with Crippen LogP contribution in [-0.2, 0) is 5.75 Å². The molecule has 3 aromatic rings. The summed E-state index contributed by atoms with van der Waals surface area (Å²) in [5, 5.41) is 10.9. The standard InChI is InChI=1S/C17H12FNOS/c1-9-5-12-15(7-13(9)18)21-8-11-6-10-3-2-4-14(20)17(10)19-16(11)12/h2-7,20H,8H2,1H3. The van der Waals surface area contributed by atoms with Gasteiger partial charge in [0.2, 0.25) is 0 Å². The van der Waals surface area contributed by atoms with Gasteiger partial charge in [0.15, 0.2) is 0 Å². The third-order valence-corrected chi connectivity index (χ3v) is 4.91. The van der Waals surface area contributed by atoms with Crippen LogP contribution in [0.15, 0.2) is 41.3 Å². The molecule has 0 amide bonds. The Balaban J connectivity index is 2.05. The highest BCUT2D eigenvalue weighted by Gasteiger charge is 2.21. The predicted molar refractivity (Wildman–Crippen MR) is 83.1 cm³/mol. The molecule has 1 aliphatic rings. The van der Waals surface area contributed by atoms with Gasteiger partial charge in [-0.3, -0.25) is 0 Å². The van der Waals surface area contributed by atoms with Crippen LogP contribution in [0.1, 0.15) is 11.1 Å². The van der Waals surface area contributed by atoms with E-state index < -0.39 is 0 Å². The lowest BCUT2D eigenvalue weighted by Crippen LogP contribution is -2.01. The van der Waals surface area contributed by atoms with Crippen LogP contribution in [0.2, 0.25) is 0 Å². The van der Waals surface area contributed by atoms with Gasteiger partial charge in [-0.05, 0) is 42.3 Å². The number of phenols is 1. The molecule has 21 heavy (non-hydrogen) atoms. The highest BCUT2D eigenvalue weighted by atomic mass is 32.2. The van der Waals surface area contributed by atoms with Crippen LogP contribution in [0.3, 0.4) is 0 Å². The number of phenolic OH excluding ortho intramolecular Hbond substituents is 1. The van der Waals surface area contributed by atoms with Crippen LogP contribution in [0.5, 0.6) is 5.75 Å². The molecule has 0 saturated carbocycles. The van der Waals surface area contributed by atoms with Gasteiger partial charge < -0.3 is 5.11 Å². The number of rotatable bonds is 0. The van der Waals surface area contributed by atoms with Crippen LogP contribution in [-0.4, -0.2) is 10.1 Å². The van der Waals surface area contributed by atoms with Crippen molar-refractivity contribution in [3.8, 4) is 17.0 Å². The van der Waals surface area contributed by atoms with Gasteiger partial charge in [0, 0.05) is 21.6 Å². The molecular formula is C17H12FNOS. The molecule has 0 radical (unpaired) electrons. The van der Waals surface area contributed by atoms with Crippen molar-refractivity contribution in [3.63, 3.8) is 0 Å². The van der Waals surface area contributed by atoms with Crippen LogP contribution in [0.4, 0.5) is 4.39 Å². The molecule has 0 atom stereocenters. The molecule has 1 N–H and O–H groups in total. The number of aryl methyl sites for hydroxylation is 1. The molecule has 0 bridgehead atoms. The lowest BCUT2D eigenvalue weighted by molar-refractivity contribution is 0.480. The molecule has 2 aromatic carbocycles. The summed E-state index contributed by atoms with van der Waals surface area (Å²) in [5.74, 6) is 0.755. The van der Waals surface area contributed by atoms with E-state index in [-0.39, 0.29) is 11.6 Å². The summed E-state index contributed by atoms with van der Waals surface area (Å²) in [4.78, 5) is 5.55. The molecule has 4 rings (SSSR count). The summed E-state index contributed by atoms with van der Waals surface area (Å²) in [7, 11) is 0. The van der Waals surface area contributed by atoms with E-state index in [1.165, 1.54) is 0 Å². The van der Waals surface area contributed by atoms with E-state index in [1.807, 2.05) is 18.2 Å². The van der Waals surface area contributed by atoms with Crippen molar-refractivity contribution in [1.29, 1.82) is 0 Å². The second-order valence-electron chi connectivity index (χ2n) is 5.23. The number of halogens is 1. The zero-order valence-electron chi connectivity index (χ0n) is 11.4. The highest BCUT2D eigenvalue weighted by molar-refractivity contribution is 7.98. The van der Waals surface area contributed by atoms with Gasteiger partial charge in [-0.1, -0.05) is 12.1 Å². The van der Waals surface area contributed by atoms with Gasteiger partial charge >= 0.3 is 0 Å². The number of benzene rings is 2. The Kier molecular flexibility index (Phi) is 2.69. The molecule has 0 unspecified atom stereocenters. The molecule has 104 valence electrons. The Labute approximate surface area is 125 Å². The minimum Gasteiger partial charge on any atom is -0.506 e. The monoisotopic (exact) mass is 297 g/mol. The molecule has 2 nitrogen and oxygen atoms in total. The molecule has 1 aliphatic heterocycles. The highest BCUT2D eigenvalue weighted by Crippen LogP contribution is 2.43. The first-order valence-electron chi connectivity index (χ1n) is 6.68. The van der Waals surface area contributed by atoms with Crippen molar-refractivity contribution in [1.82, 2.24) is 4.98 Å². The number of pyridine rings is 1. The second-order valence-corrected chi connectivity index (χ2v) is 6.25. The molecule has 0 aliphatic carbocycles. The van der Waals surface area contributed by atoms with Crippen molar-refractivity contribution >= 4 is 22.7 Å². The van der Waals surface area contributed by atoms with Gasteiger partial charge in [-0.2, -0.15) is 0 Å². The number of fused-ring (bicyclic) bond motifs is 4. The summed E-state index contributed by atoms with van der Waals surface area (Å²) in [6.07, 6.45) is 0. The Morgan fingerprint density at radius 1 is 1.24 bits per heavy atom. The van der Waals surface area contributed by atoms with E-state index in [0.29, 0.717) is 11.1 Å². The van der Waals surface area contributed by atoms with Gasteiger partial charge in [-0.15, -0.1) is 11.8 Å². The maximum Gasteiger partial charge on any atom is 0.141 e. The van der Waals surface area contributed by atoms with Crippen LogP contribution in [0, 0.1) is 12.7 Å². The van der Waals surface area contributed by atoms with E-state index in [2.05, 4.69) is 11.1 Å².